The number of hydrogen-bond donors (Lipinski definition) is 1. The smallest absolute Gasteiger partial charge is 0.0678 e. The van der Waals surface area contributed by atoms with Crippen LogP contribution in [0.4, 0.5) is 0 Å². The van der Waals surface area contributed by atoms with Gasteiger partial charge in [-0.2, -0.15) is 0 Å². The largest absolute Gasteiger partial charge is 0.392 e. The van der Waals surface area contributed by atoms with Gasteiger partial charge < -0.3 is 9.84 Å². The Kier molecular flexibility index (Phi) is 4.85. The van der Waals surface area contributed by atoms with E-state index in [1.165, 1.54) is 0 Å². The van der Waals surface area contributed by atoms with Crippen LogP contribution in [0.15, 0.2) is 0 Å². The average Bonchev–Trinajstić information content (AvgIpc) is 2.01. The number of nitrogens with zero attached hydrogens (tertiary/aromatic N) is 1. The van der Waals surface area contributed by atoms with Crippen LogP contribution in [-0.2, 0) is 4.74 Å². The lowest BCUT2D eigenvalue weighted by atomic mass is 10.1. The number of aliphatic hydroxyl groups is 1. The van der Waals surface area contributed by atoms with E-state index in [0.29, 0.717) is 12.2 Å². The molecule has 0 radical (unpaired) electrons. The molecule has 1 unspecified atom stereocenters. The normalized spacial score (nSPS) is 31.7. The lowest BCUT2D eigenvalue weighted by Crippen LogP contribution is -2.47. The molecule has 3 atom stereocenters. The summed E-state index contributed by atoms with van der Waals surface area (Å²) in [5, 5.41) is 9.69. The van der Waals surface area contributed by atoms with Crippen molar-refractivity contribution >= 4 is 0 Å². The van der Waals surface area contributed by atoms with E-state index in [2.05, 4.69) is 25.7 Å². The molecule has 1 heterocycles. The second-order valence-electron chi connectivity index (χ2n) is 4.42. The van der Waals surface area contributed by atoms with Crippen molar-refractivity contribution in [3.05, 3.63) is 0 Å². The SMILES string of the molecule is CCCC(O)CN1C[C@@H](C)O[C@@H](C)C1. The maximum absolute atomic E-state index is 9.69. The maximum Gasteiger partial charge on any atom is 0.0678 e. The molecular weight excluding hydrogens is 178 g/mol. The fraction of sp³-hybridized carbons (Fsp3) is 1.00. The van der Waals surface area contributed by atoms with Crippen LogP contribution in [0.5, 0.6) is 0 Å². The van der Waals surface area contributed by atoms with Gasteiger partial charge in [-0.05, 0) is 20.3 Å². The van der Waals surface area contributed by atoms with E-state index in [4.69, 9.17) is 4.74 Å². The number of ether oxygens (including phenoxy) is 1. The van der Waals surface area contributed by atoms with Gasteiger partial charge in [-0.3, -0.25) is 4.90 Å². The minimum Gasteiger partial charge on any atom is -0.392 e. The van der Waals surface area contributed by atoms with E-state index in [9.17, 15) is 5.11 Å². The molecule has 3 nitrogen and oxygen atoms in total. The quantitative estimate of drug-likeness (QED) is 0.743. The van der Waals surface area contributed by atoms with Crippen LogP contribution in [0.25, 0.3) is 0 Å². The molecule has 0 bridgehead atoms. The zero-order chi connectivity index (χ0) is 10.6. The van der Waals surface area contributed by atoms with E-state index < -0.39 is 0 Å². The summed E-state index contributed by atoms with van der Waals surface area (Å²) in [4.78, 5) is 2.30. The van der Waals surface area contributed by atoms with E-state index >= 15 is 0 Å². The number of rotatable bonds is 4. The highest BCUT2D eigenvalue weighted by atomic mass is 16.5. The van der Waals surface area contributed by atoms with Gasteiger partial charge in [0.25, 0.3) is 0 Å². The van der Waals surface area contributed by atoms with Gasteiger partial charge in [-0.1, -0.05) is 13.3 Å². The molecule has 1 N–H and O–H groups in total. The van der Waals surface area contributed by atoms with Gasteiger partial charge in [-0.25, -0.2) is 0 Å². The molecule has 1 aliphatic heterocycles. The third kappa shape index (κ3) is 3.95. The Labute approximate surface area is 87.1 Å². The van der Waals surface area contributed by atoms with Gasteiger partial charge in [0, 0.05) is 19.6 Å². The van der Waals surface area contributed by atoms with Crippen LogP contribution >= 0.6 is 0 Å². The highest BCUT2D eigenvalue weighted by Crippen LogP contribution is 2.11. The number of β-amino-alcohol motifs (C(OH)–C–C–N with tert-alkyl or cyclic N) is 1. The van der Waals surface area contributed by atoms with Gasteiger partial charge >= 0.3 is 0 Å². The summed E-state index contributed by atoms with van der Waals surface area (Å²) >= 11 is 0. The molecule has 1 fully saturated rings. The Morgan fingerprint density at radius 1 is 1.36 bits per heavy atom. The Bertz CT molecular complexity index is 153. The van der Waals surface area contributed by atoms with Crippen molar-refractivity contribution < 1.29 is 9.84 Å². The molecule has 84 valence electrons. The van der Waals surface area contributed by atoms with Crippen LogP contribution < -0.4 is 0 Å². The fourth-order valence-corrected chi connectivity index (χ4v) is 2.16. The summed E-state index contributed by atoms with van der Waals surface area (Å²) in [6.07, 6.45) is 2.38. The predicted molar refractivity (Wildman–Crippen MR) is 57.4 cm³/mol. The van der Waals surface area contributed by atoms with Crippen molar-refractivity contribution in [3.63, 3.8) is 0 Å². The number of hydrogen-bond acceptors (Lipinski definition) is 3. The van der Waals surface area contributed by atoms with Crippen molar-refractivity contribution in [2.45, 2.75) is 51.9 Å². The topological polar surface area (TPSA) is 32.7 Å². The van der Waals surface area contributed by atoms with E-state index in [1.807, 2.05) is 0 Å². The monoisotopic (exact) mass is 201 g/mol. The molecule has 0 saturated carbocycles. The van der Waals surface area contributed by atoms with Crippen molar-refractivity contribution in [2.24, 2.45) is 0 Å². The molecule has 0 aromatic rings. The summed E-state index contributed by atoms with van der Waals surface area (Å²) < 4.78 is 5.63. The molecule has 1 aliphatic rings. The van der Waals surface area contributed by atoms with Gasteiger partial charge in [0.1, 0.15) is 0 Å². The molecule has 0 aliphatic carbocycles. The third-order valence-corrected chi connectivity index (χ3v) is 2.59. The van der Waals surface area contributed by atoms with Crippen molar-refractivity contribution in [1.82, 2.24) is 4.90 Å². The standard InChI is InChI=1S/C11H23NO2/c1-4-5-11(13)8-12-6-9(2)14-10(3)7-12/h9-11,13H,4-8H2,1-3H3/t9-,10+,11?. The summed E-state index contributed by atoms with van der Waals surface area (Å²) in [6.45, 7) is 8.99. The molecule has 1 saturated heterocycles. The zero-order valence-corrected chi connectivity index (χ0v) is 9.57. The second kappa shape index (κ2) is 5.69. The van der Waals surface area contributed by atoms with E-state index in [1.54, 1.807) is 0 Å². The molecule has 0 amide bonds. The summed E-state index contributed by atoms with van der Waals surface area (Å²) in [7, 11) is 0. The first kappa shape index (κ1) is 12.0. The minimum atomic E-state index is -0.169. The molecule has 0 spiro atoms. The van der Waals surface area contributed by atoms with Crippen LogP contribution in [0, 0.1) is 0 Å². The molecule has 14 heavy (non-hydrogen) atoms. The average molecular weight is 201 g/mol. The van der Waals surface area contributed by atoms with Crippen molar-refractivity contribution in [1.29, 1.82) is 0 Å². The first-order valence-corrected chi connectivity index (χ1v) is 5.67. The third-order valence-electron chi connectivity index (χ3n) is 2.59. The van der Waals surface area contributed by atoms with Gasteiger partial charge in [0.15, 0.2) is 0 Å². The summed E-state index contributed by atoms with van der Waals surface area (Å²) in [5.41, 5.74) is 0. The van der Waals surface area contributed by atoms with Crippen LogP contribution in [0.3, 0.4) is 0 Å². The van der Waals surface area contributed by atoms with E-state index in [-0.39, 0.29) is 6.10 Å². The van der Waals surface area contributed by atoms with Crippen LogP contribution in [0.2, 0.25) is 0 Å². The predicted octanol–water partition coefficient (Wildman–Crippen LogP) is 1.26. The van der Waals surface area contributed by atoms with Gasteiger partial charge in [0.05, 0.1) is 18.3 Å². The Morgan fingerprint density at radius 2 is 1.93 bits per heavy atom. The lowest BCUT2D eigenvalue weighted by Gasteiger charge is -2.36. The Hall–Kier alpha value is -0.120. The van der Waals surface area contributed by atoms with Gasteiger partial charge in [-0.15, -0.1) is 0 Å². The van der Waals surface area contributed by atoms with E-state index in [0.717, 1.165) is 32.5 Å². The first-order chi connectivity index (χ1) is 6.61. The highest BCUT2D eigenvalue weighted by Gasteiger charge is 2.23. The number of aliphatic hydroxyl groups excluding tert-OH is 1. The second-order valence-corrected chi connectivity index (χ2v) is 4.42. The summed E-state index contributed by atoms with van der Waals surface area (Å²) in [5.74, 6) is 0. The maximum atomic E-state index is 9.69. The lowest BCUT2D eigenvalue weighted by molar-refractivity contribution is -0.0768. The van der Waals surface area contributed by atoms with Crippen LogP contribution in [-0.4, -0.2) is 48.0 Å². The van der Waals surface area contributed by atoms with Crippen molar-refractivity contribution in [3.8, 4) is 0 Å². The fourth-order valence-electron chi connectivity index (χ4n) is 2.16. The Balaban J connectivity index is 2.29. The number of morpholine rings is 1. The molecule has 0 aromatic heterocycles. The molecular formula is C11H23NO2. The van der Waals surface area contributed by atoms with Crippen LogP contribution in [0.1, 0.15) is 33.6 Å². The molecule has 3 heteroatoms. The Morgan fingerprint density at radius 3 is 2.43 bits per heavy atom. The minimum absolute atomic E-state index is 0.169. The highest BCUT2D eigenvalue weighted by molar-refractivity contribution is 4.75. The zero-order valence-electron chi connectivity index (χ0n) is 9.57. The first-order valence-electron chi connectivity index (χ1n) is 5.67. The molecule has 1 rings (SSSR count). The molecule has 0 aromatic carbocycles. The van der Waals surface area contributed by atoms with Crippen molar-refractivity contribution in [2.75, 3.05) is 19.6 Å². The summed E-state index contributed by atoms with van der Waals surface area (Å²) in [6, 6.07) is 0. The van der Waals surface area contributed by atoms with Gasteiger partial charge in [0.2, 0.25) is 0 Å².